The van der Waals surface area contributed by atoms with Crippen LogP contribution in [0.4, 0.5) is 0 Å². The van der Waals surface area contributed by atoms with Crippen LogP contribution in [-0.4, -0.2) is 9.55 Å². The standard InChI is InChI=1S/C10H7ClN2/c1-3-10-12-8-5-4-7(11)6-9(8)13(10)2/h1,4-6H,2H3. The summed E-state index contributed by atoms with van der Waals surface area (Å²) in [6.07, 6.45) is 5.29. The highest BCUT2D eigenvalue weighted by molar-refractivity contribution is 6.31. The maximum absolute atomic E-state index is 5.85. The van der Waals surface area contributed by atoms with Crippen LogP contribution >= 0.6 is 11.6 Å². The number of rotatable bonds is 0. The molecule has 0 N–H and O–H groups in total. The van der Waals surface area contributed by atoms with Gasteiger partial charge in [-0.15, -0.1) is 6.42 Å². The molecule has 3 heteroatoms. The predicted molar refractivity (Wildman–Crippen MR) is 53.7 cm³/mol. The van der Waals surface area contributed by atoms with Crippen molar-refractivity contribution in [3.63, 3.8) is 0 Å². The summed E-state index contributed by atoms with van der Waals surface area (Å²) < 4.78 is 1.85. The van der Waals surface area contributed by atoms with Gasteiger partial charge in [-0.05, 0) is 24.1 Å². The fourth-order valence-corrected chi connectivity index (χ4v) is 1.46. The lowest BCUT2D eigenvalue weighted by Crippen LogP contribution is -1.91. The molecule has 2 nitrogen and oxygen atoms in total. The van der Waals surface area contributed by atoms with Crippen molar-refractivity contribution in [1.82, 2.24) is 9.55 Å². The van der Waals surface area contributed by atoms with Crippen molar-refractivity contribution >= 4 is 22.6 Å². The summed E-state index contributed by atoms with van der Waals surface area (Å²) >= 11 is 5.85. The van der Waals surface area contributed by atoms with E-state index in [1.165, 1.54) is 0 Å². The zero-order valence-electron chi connectivity index (χ0n) is 7.08. The van der Waals surface area contributed by atoms with E-state index in [9.17, 15) is 0 Å². The molecule has 0 aliphatic carbocycles. The maximum atomic E-state index is 5.85. The average molecular weight is 191 g/mol. The molecule has 1 aromatic carbocycles. The Balaban J connectivity index is 2.87. The van der Waals surface area contributed by atoms with Crippen LogP contribution in [0.5, 0.6) is 0 Å². The van der Waals surface area contributed by atoms with E-state index in [2.05, 4.69) is 10.9 Å². The molecule has 2 aromatic rings. The van der Waals surface area contributed by atoms with Gasteiger partial charge in [0.2, 0.25) is 0 Å². The minimum Gasteiger partial charge on any atom is -0.320 e. The first-order chi connectivity index (χ1) is 6.22. The lowest BCUT2D eigenvalue weighted by molar-refractivity contribution is 0.926. The van der Waals surface area contributed by atoms with Crippen LogP contribution in [0.15, 0.2) is 18.2 Å². The number of nitrogens with zero attached hydrogens (tertiary/aromatic N) is 2. The van der Waals surface area contributed by atoms with E-state index < -0.39 is 0 Å². The van der Waals surface area contributed by atoms with Crippen LogP contribution < -0.4 is 0 Å². The van der Waals surface area contributed by atoms with E-state index in [1.807, 2.05) is 23.7 Å². The van der Waals surface area contributed by atoms with Gasteiger partial charge in [0, 0.05) is 12.1 Å². The molecule has 0 spiro atoms. The fraction of sp³-hybridized carbons (Fsp3) is 0.100. The molecule has 13 heavy (non-hydrogen) atoms. The van der Waals surface area contributed by atoms with Crippen LogP contribution in [-0.2, 0) is 7.05 Å². The van der Waals surface area contributed by atoms with Gasteiger partial charge < -0.3 is 4.57 Å². The van der Waals surface area contributed by atoms with Crippen molar-refractivity contribution in [2.75, 3.05) is 0 Å². The molecule has 0 aliphatic rings. The number of halogens is 1. The van der Waals surface area contributed by atoms with Crippen LogP contribution in [0.3, 0.4) is 0 Å². The Morgan fingerprint density at radius 2 is 2.31 bits per heavy atom. The van der Waals surface area contributed by atoms with Gasteiger partial charge in [0.05, 0.1) is 11.0 Å². The molecule has 0 radical (unpaired) electrons. The van der Waals surface area contributed by atoms with Gasteiger partial charge >= 0.3 is 0 Å². The average Bonchev–Trinajstić information content (AvgIpc) is 2.44. The van der Waals surface area contributed by atoms with Gasteiger partial charge in [-0.2, -0.15) is 0 Å². The second kappa shape index (κ2) is 2.79. The normalized spacial score (nSPS) is 10.2. The van der Waals surface area contributed by atoms with Crippen molar-refractivity contribution in [3.8, 4) is 12.3 Å². The van der Waals surface area contributed by atoms with E-state index in [0.29, 0.717) is 10.8 Å². The molecular formula is C10H7ClN2. The van der Waals surface area contributed by atoms with Crippen molar-refractivity contribution in [2.24, 2.45) is 7.05 Å². The Morgan fingerprint density at radius 3 is 3.00 bits per heavy atom. The summed E-state index contributed by atoms with van der Waals surface area (Å²) in [6, 6.07) is 5.51. The van der Waals surface area contributed by atoms with E-state index >= 15 is 0 Å². The second-order valence-electron chi connectivity index (χ2n) is 2.77. The Kier molecular flexibility index (Phi) is 1.75. The third kappa shape index (κ3) is 1.18. The summed E-state index contributed by atoms with van der Waals surface area (Å²) in [5, 5.41) is 0.694. The Bertz CT molecular complexity index is 505. The van der Waals surface area contributed by atoms with Crippen LogP contribution in [0.25, 0.3) is 11.0 Å². The molecule has 2 rings (SSSR count). The van der Waals surface area contributed by atoms with Crippen LogP contribution in [0, 0.1) is 12.3 Å². The molecule has 0 atom stereocenters. The van der Waals surface area contributed by atoms with Gasteiger partial charge in [-0.25, -0.2) is 4.98 Å². The minimum absolute atomic E-state index is 0.622. The second-order valence-corrected chi connectivity index (χ2v) is 3.21. The van der Waals surface area contributed by atoms with Crippen LogP contribution in [0.1, 0.15) is 5.82 Å². The Labute approximate surface area is 81.1 Å². The van der Waals surface area contributed by atoms with E-state index in [1.54, 1.807) is 6.07 Å². The molecule has 0 unspecified atom stereocenters. The smallest absolute Gasteiger partial charge is 0.185 e. The molecule has 0 fully saturated rings. The minimum atomic E-state index is 0.622. The third-order valence-corrected chi connectivity index (χ3v) is 2.21. The molecule has 0 bridgehead atoms. The number of aryl methyl sites for hydroxylation is 1. The number of hydrogen-bond acceptors (Lipinski definition) is 1. The zero-order chi connectivity index (χ0) is 9.42. The summed E-state index contributed by atoms with van der Waals surface area (Å²) in [5.41, 5.74) is 1.83. The number of fused-ring (bicyclic) bond motifs is 1. The van der Waals surface area contributed by atoms with Crippen molar-refractivity contribution < 1.29 is 0 Å². The quantitative estimate of drug-likeness (QED) is 0.583. The molecule has 0 saturated carbocycles. The topological polar surface area (TPSA) is 17.8 Å². The number of aromatic nitrogens is 2. The van der Waals surface area contributed by atoms with Gasteiger partial charge in [0.25, 0.3) is 0 Å². The molecule has 64 valence electrons. The molecule has 1 aromatic heterocycles. The third-order valence-electron chi connectivity index (χ3n) is 1.97. The van der Waals surface area contributed by atoms with E-state index in [0.717, 1.165) is 11.0 Å². The van der Waals surface area contributed by atoms with E-state index in [4.69, 9.17) is 18.0 Å². The summed E-state index contributed by atoms with van der Waals surface area (Å²) in [4.78, 5) is 4.24. The monoisotopic (exact) mass is 190 g/mol. The summed E-state index contributed by atoms with van der Waals surface area (Å²) in [6.45, 7) is 0. The Morgan fingerprint density at radius 1 is 1.54 bits per heavy atom. The highest BCUT2D eigenvalue weighted by atomic mass is 35.5. The van der Waals surface area contributed by atoms with Gasteiger partial charge in [-0.1, -0.05) is 11.6 Å². The predicted octanol–water partition coefficient (Wildman–Crippen LogP) is 2.21. The lowest BCUT2D eigenvalue weighted by Gasteiger charge is -1.95. The summed E-state index contributed by atoms with van der Waals surface area (Å²) in [5.74, 6) is 3.14. The first-order valence-corrected chi connectivity index (χ1v) is 4.19. The van der Waals surface area contributed by atoms with E-state index in [-0.39, 0.29) is 0 Å². The lowest BCUT2D eigenvalue weighted by atomic mass is 10.3. The first-order valence-electron chi connectivity index (χ1n) is 3.81. The van der Waals surface area contributed by atoms with Gasteiger partial charge in [0.15, 0.2) is 5.82 Å². The van der Waals surface area contributed by atoms with Crippen LogP contribution in [0.2, 0.25) is 5.02 Å². The number of hydrogen-bond donors (Lipinski definition) is 0. The van der Waals surface area contributed by atoms with Gasteiger partial charge in [0.1, 0.15) is 0 Å². The highest BCUT2D eigenvalue weighted by Crippen LogP contribution is 2.18. The molecule has 0 saturated heterocycles. The molecule has 0 amide bonds. The molecular weight excluding hydrogens is 184 g/mol. The zero-order valence-corrected chi connectivity index (χ0v) is 7.84. The van der Waals surface area contributed by atoms with Crippen molar-refractivity contribution in [1.29, 1.82) is 0 Å². The first kappa shape index (κ1) is 8.15. The SMILES string of the molecule is C#Cc1nc2ccc(Cl)cc2n1C. The fourth-order valence-electron chi connectivity index (χ4n) is 1.29. The van der Waals surface area contributed by atoms with Crippen molar-refractivity contribution in [3.05, 3.63) is 29.0 Å². The molecule has 0 aliphatic heterocycles. The number of benzene rings is 1. The molecule has 1 heterocycles. The van der Waals surface area contributed by atoms with Gasteiger partial charge in [-0.3, -0.25) is 0 Å². The summed E-state index contributed by atoms with van der Waals surface area (Å²) in [7, 11) is 1.88. The maximum Gasteiger partial charge on any atom is 0.185 e. The number of imidazole rings is 1. The largest absolute Gasteiger partial charge is 0.320 e. The van der Waals surface area contributed by atoms with Crippen molar-refractivity contribution in [2.45, 2.75) is 0 Å². The number of terminal acetylenes is 1. The Hall–Kier alpha value is -1.46. The highest BCUT2D eigenvalue weighted by Gasteiger charge is 2.04.